The molecule has 5 rings (SSSR count). The van der Waals surface area contributed by atoms with Gasteiger partial charge in [0.1, 0.15) is 11.6 Å². The molecule has 4 aromatic rings. The molecule has 0 spiro atoms. The molecule has 1 heterocycles. The van der Waals surface area contributed by atoms with E-state index in [0.29, 0.717) is 11.1 Å². The number of hydrogen-bond donors (Lipinski definition) is 3. The van der Waals surface area contributed by atoms with Gasteiger partial charge in [0.05, 0.1) is 25.4 Å². The Hall–Kier alpha value is -3.89. The van der Waals surface area contributed by atoms with E-state index in [1.54, 1.807) is 66.7 Å². The molecule has 0 aliphatic carbocycles. The molecule has 41 heavy (non-hydrogen) atoms. The van der Waals surface area contributed by atoms with E-state index in [4.69, 9.17) is 18.9 Å². The first-order valence-corrected chi connectivity index (χ1v) is 13.2. The molecule has 0 aromatic heterocycles. The lowest BCUT2D eigenvalue weighted by Crippen LogP contribution is -2.68. The summed E-state index contributed by atoms with van der Waals surface area (Å²) in [5, 5.41) is 35.3. The third kappa shape index (κ3) is 6.55. The van der Waals surface area contributed by atoms with Crippen LogP contribution in [0.2, 0.25) is 0 Å². The van der Waals surface area contributed by atoms with Gasteiger partial charge in [-0.15, -0.1) is 0 Å². The number of hydrogen-bond acceptors (Lipinski definition) is 7. The van der Waals surface area contributed by atoms with Gasteiger partial charge in [0.15, 0.2) is 6.29 Å². The van der Waals surface area contributed by atoms with Gasteiger partial charge < -0.3 is 34.3 Å². The minimum Gasteiger partial charge on any atom is -0.479 e. The number of ether oxygens (including phenoxy) is 4. The molecule has 8 heteroatoms. The van der Waals surface area contributed by atoms with E-state index in [-0.39, 0.29) is 31.1 Å². The van der Waals surface area contributed by atoms with Gasteiger partial charge in [-0.25, -0.2) is 4.39 Å². The van der Waals surface area contributed by atoms with Gasteiger partial charge in [0.2, 0.25) is 11.9 Å². The van der Waals surface area contributed by atoms with Crippen LogP contribution in [0.15, 0.2) is 121 Å². The van der Waals surface area contributed by atoms with Crippen molar-refractivity contribution in [3.8, 4) is 0 Å². The summed E-state index contributed by atoms with van der Waals surface area (Å²) in [5.74, 6) is -6.13. The zero-order valence-electron chi connectivity index (χ0n) is 22.2. The van der Waals surface area contributed by atoms with E-state index in [1.807, 2.05) is 30.3 Å². The molecule has 0 saturated heterocycles. The highest BCUT2D eigenvalue weighted by Gasteiger charge is 2.63. The third-order valence-electron chi connectivity index (χ3n) is 6.74. The Bertz CT molecular complexity index is 1430. The second-order valence-electron chi connectivity index (χ2n) is 9.66. The normalized spacial score (nSPS) is 22.9. The van der Waals surface area contributed by atoms with E-state index < -0.39 is 29.8 Å². The summed E-state index contributed by atoms with van der Waals surface area (Å²) >= 11 is 0. The first-order chi connectivity index (χ1) is 19.9. The van der Waals surface area contributed by atoms with Crippen LogP contribution in [0.25, 0.3) is 5.76 Å². The second-order valence-corrected chi connectivity index (χ2v) is 9.66. The van der Waals surface area contributed by atoms with Crippen LogP contribution in [0.4, 0.5) is 4.39 Å². The maximum Gasteiger partial charge on any atom is 0.269 e. The van der Waals surface area contributed by atoms with Gasteiger partial charge in [-0.3, -0.25) is 0 Å². The van der Waals surface area contributed by atoms with Crippen LogP contribution >= 0.6 is 0 Å². The Morgan fingerprint density at radius 2 is 1.17 bits per heavy atom. The van der Waals surface area contributed by atoms with Crippen molar-refractivity contribution < 1.29 is 38.7 Å². The summed E-state index contributed by atoms with van der Waals surface area (Å²) in [4.78, 5) is 0. The number of aliphatic hydroxyl groups excluding tert-OH is 1. The molecule has 7 nitrogen and oxygen atoms in total. The predicted octanol–water partition coefficient (Wildman–Crippen LogP) is 4.91. The van der Waals surface area contributed by atoms with Crippen LogP contribution in [0, 0.1) is 5.82 Å². The molecule has 4 aromatic carbocycles. The number of rotatable bonds is 11. The minimum absolute atomic E-state index is 0.0143. The lowest BCUT2D eigenvalue weighted by atomic mass is 9.92. The van der Waals surface area contributed by atoms with Crippen LogP contribution < -0.4 is 0 Å². The molecular formula is C33H31FO7. The number of aliphatic hydroxyl groups is 3. The summed E-state index contributed by atoms with van der Waals surface area (Å²) in [5.41, 5.74) is 2.10. The van der Waals surface area contributed by atoms with E-state index in [1.165, 1.54) is 18.2 Å². The molecule has 0 bridgehead atoms. The molecular weight excluding hydrogens is 527 g/mol. The highest BCUT2D eigenvalue weighted by atomic mass is 19.1. The maximum atomic E-state index is 14.9. The summed E-state index contributed by atoms with van der Waals surface area (Å²) in [6, 6.07) is 32.8. The Kier molecular flexibility index (Phi) is 8.90. The molecule has 212 valence electrons. The van der Waals surface area contributed by atoms with Crippen molar-refractivity contribution in [3.05, 3.63) is 149 Å². The van der Waals surface area contributed by atoms with Gasteiger partial charge in [0.25, 0.3) is 5.79 Å². The lowest BCUT2D eigenvalue weighted by molar-refractivity contribution is -0.420. The minimum atomic E-state index is -2.71. The Morgan fingerprint density at radius 3 is 1.73 bits per heavy atom. The summed E-state index contributed by atoms with van der Waals surface area (Å²) < 4.78 is 38.4. The molecule has 0 radical (unpaired) electrons. The van der Waals surface area contributed by atoms with E-state index in [9.17, 15) is 19.7 Å². The van der Waals surface area contributed by atoms with Crippen molar-refractivity contribution in [2.45, 2.75) is 43.8 Å². The quantitative estimate of drug-likeness (QED) is 0.225. The molecule has 4 atom stereocenters. The van der Waals surface area contributed by atoms with Gasteiger partial charge in [0, 0.05) is 6.08 Å². The van der Waals surface area contributed by atoms with Crippen LogP contribution in [0.3, 0.4) is 0 Å². The SMILES string of the molecule is OC(OCc1ccccc1)[C@H]1OC(c2ccccc2F)=C[C@](O)(OCc2ccccc2)[C@@]1(O)OCc1ccccc1. The highest BCUT2D eigenvalue weighted by Crippen LogP contribution is 2.43. The van der Waals surface area contributed by atoms with E-state index in [0.717, 1.165) is 11.6 Å². The number of halogens is 1. The number of benzene rings is 4. The van der Waals surface area contributed by atoms with Gasteiger partial charge in [-0.05, 0) is 28.8 Å². The third-order valence-corrected chi connectivity index (χ3v) is 6.74. The average molecular weight is 559 g/mol. The zero-order chi connectivity index (χ0) is 28.7. The van der Waals surface area contributed by atoms with Crippen molar-refractivity contribution in [2.75, 3.05) is 0 Å². The first kappa shape index (κ1) is 28.6. The summed E-state index contributed by atoms with van der Waals surface area (Å²) in [6.07, 6.45) is -2.55. The topological polar surface area (TPSA) is 97.6 Å². The summed E-state index contributed by atoms with van der Waals surface area (Å²) in [7, 11) is 0. The van der Waals surface area contributed by atoms with Crippen molar-refractivity contribution in [1.29, 1.82) is 0 Å². The van der Waals surface area contributed by atoms with Crippen LogP contribution in [0.5, 0.6) is 0 Å². The molecule has 3 N–H and O–H groups in total. The van der Waals surface area contributed by atoms with E-state index >= 15 is 0 Å². The Morgan fingerprint density at radius 1 is 0.683 bits per heavy atom. The van der Waals surface area contributed by atoms with Crippen LogP contribution in [0.1, 0.15) is 22.3 Å². The Labute approximate surface area is 237 Å². The van der Waals surface area contributed by atoms with Gasteiger partial charge in [-0.2, -0.15) is 0 Å². The fraction of sp³-hybridized carbons (Fsp3) is 0.212. The van der Waals surface area contributed by atoms with Crippen LogP contribution in [-0.2, 0) is 38.8 Å². The molecule has 0 fully saturated rings. The van der Waals surface area contributed by atoms with Crippen molar-refractivity contribution in [2.24, 2.45) is 0 Å². The van der Waals surface area contributed by atoms with E-state index in [2.05, 4.69) is 0 Å². The molecule has 1 aliphatic rings. The largest absolute Gasteiger partial charge is 0.479 e. The molecule has 0 amide bonds. The fourth-order valence-corrected chi connectivity index (χ4v) is 4.50. The summed E-state index contributed by atoms with van der Waals surface area (Å²) in [6.45, 7) is -0.371. The molecule has 1 unspecified atom stereocenters. The second kappa shape index (κ2) is 12.7. The Balaban J connectivity index is 1.54. The maximum absolute atomic E-state index is 14.9. The van der Waals surface area contributed by atoms with Crippen molar-refractivity contribution in [3.63, 3.8) is 0 Å². The molecule has 0 saturated carbocycles. The zero-order valence-corrected chi connectivity index (χ0v) is 22.2. The smallest absolute Gasteiger partial charge is 0.269 e. The standard InChI is InChI=1S/C33H31FO7/c34-28-19-11-10-18-27(28)29-20-32(36,39-22-25-14-6-2-7-15-25)33(37,40-23-26-16-8-3-9-17-26)30(41-29)31(35)38-21-24-12-4-1-5-13-24/h1-20,30-31,35-37H,21-23H2/t30-,31?,32+,33+/m1/s1. The molecule has 1 aliphatic heterocycles. The average Bonchev–Trinajstić information content (AvgIpc) is 3.01. The first-order valence-electron chi connectivity index (χ1n) is 13.2. The fourth-order valence-electron chi connectivity index (χ4n) is 4.50. The van der Waals surface area contributed by atoms with Gasteiger partial charge >= 0.3 is 0 Å². The van der Waals surface area contributed by atoms with Crippen molar-refractivity contribution >= 4 is 5.76 Å². The van der Waals surface area contributed by atoms with Gasteiger partial charge in [-0.1, -0.05) is 103 Å². The van der Waals surface area contributed by atoms with Crippen molar-refractivity contribution in [1.82, 2.24) is 0 Å². The lowest BCUT2D eigenvalue weighted by Gasteiger charge is -2.48. The highest BCUT2D eigenvalue weighted by molar-refractivity contribution is 5.63. The van der Waals surface area contributed by atoms with Crippen LogP contribution in [-0.4, -0.2) is 39.3 Å². The predicted molar refractivity (Wildman–Crippen MR) is 149 cm³/mol. The monoisotopic (exact) mass is 558 g/mol.